The molecule has 2 unspecified atom stereocenters. The molecule has 1 aromatic rings. The van der Waals surface area contributed by atoms with E-state index in [1.54, 1.807) is 16.8 Å². The molecule has 5 heteroatoms. The van der Waals surface area contributed by atoms with Crippen LogP contribution < -0.4 is 0 Å². The number of aliphatic hydroxyl groups excluding tert-OH is 1. The van der Waals surface area contributed by atoms with Crippen LogP contribution in [0.1, 0.15) is 30.6 Å². The second-order valence-corrected chi connectivity index (χ2v) is 5.98. The Morgan fingerprint density at radius 3 is 2.55 bits per heavy atom. The predicted molar refractivity (Wildman–Crippen MR) is 84.1 cm³/mol. The molecule has 120 valence electrons. The lowest BCUT2D eigenvalue weighted by Gasteiger charge is -2.26. The van der Waals surface area contributed by atoms with E-state index in [1.165, 1.54) is 0 Å². The highest BCUT2D eigenvalue weighted by molar-refractivity contribution is 5.89. The van der Waals surface area contributed by atoms with Crippen LogP contribution in [0, 0.1) is 12.8 Å². The van der Waals surface area contributed by atoms with Crippen LogP contribution in [0.25, 0.3) is 0 Å². The lowest BCUT2D eigenvalue weighted by molar-refractivity contribution is -0.137. The number of aliphatic hydroxyl groups is 1. The normalized spacial score (nSPS) is 19.4. The van der Waals surface area contributed by atoms with Crippen molar-refractivity contribution in [2.45, 2.75) is 26.4 Å². The third-order valence-electron chi connectivity index (χ3n) is 4.24. The van der Waals surface area contributed by atoms with Gasteiger partial charge in [-0.3, -0.25) is 9.59 Å². The Morgan fingerprint density at radius 1 is 1.41 bits per heavy atom. The molecule has 22 heavy (non-hydrogen) atoms. The number of likely N-dealkylation sites (tertiary alicyclic amines) is 1. The molecule has 0 aliphatic carbocycles. The molecule has 1 heterocycles. The van der Waals surface area contributed by atoms with E-state index in [0.29, 0.717) is 13.1 Å². The van der Waals surface area contributed by atoms with Crippen molar-refractivity contribution in [3.63, 3.8) is 0 Å². The Labute approximate surface area is 131 Å². The van der Waals surface area contributed by atoms with Gasteiger partial charge in [-0.2, -0.15) is 0 Å². The van der Waals surface area contributed by atoms with Crippen molar-refractivity contribution in [2.24, 2.45) is 5.92 Å². The van der Waals surface area contributed by atoms with Crippen molar-refractivity contribution < 1.29 is 14.7 Å². The van der Waals surface area contributed by atoms with Gasteiger partial charge in [-0.1, -0.05) is 29.8 Å². The van der Waals surface area contributed by atoms with Gasteiger partial charge in [0, 0.05) is 26.6 Å². The molecular weight excluding hydrogens is 280 g/mol. The minimum Gasteiger partial charge on any atom is -0.387 e. The van der Waals surface area contributed by atoms with E-state index in [4.69, 9.17) is 0 Å². The number of nitrogens with zero attached hydrogens (tertiary/aromatic N) is 2. The van der Waals surface area contributed by atoms with Gasteiger partial charge in [0.05, 0.1) is 18.6 Å². The highest BCUT2D eigenvalue weighted by Crippen LogP contribution is 2.21. The van der Waals surface area contributed by atoms with Gasteiger partial charge < -0.3 is 14.9 Å². The Hall–Kier alpha value is -1.88. The Morgan fingerprint density at radius 2 is 2.05 bits per heavy atom. The molecule has 0 spiro atoms. The van der Waals surface area contributed by atoms with E-state index < -0.39 is 6.10 Å². The summed E-state index contributed by atoms with van der Waals surface area (Å²) in [4.78, 5) is 27.3. The zero-order chi connectivity index (χ0) is 16.3. The molecule has 0 saturated carbocycles. The number of amides is 2. The molecule has 2 amide bonds. The van der Waals surface area contributed by atoms with Crippen LogP contribution in [0.2, 0.25) is 0 Å². The number of hydrogen-bond donors (Lipinski definition) is 1. The average Bonchev–Trinajstić information content (AvgIpc) is 2.84. The van der Waals surface area contributed by atoms with Gasteiger partial charge in [0.2, 0.25) is 11.8 Å². The molecule has 1 fully saturated rings. The third kappa shape index (κ3) is 3.65. The van der Waals surface area contributed by atoms with Crippen molar-refractivity contribution in [2.75, 3.05) is 26.7 Å². The summed E-state index contributed by atoms with van der Waals surface area (Å²) in [5.41, 5.74) is 1.93. The van der Waals surface area contributed by atoms with Gasteiger partial charge in [-0.05, 0) is 19.4 Å². The zero-order valence-electron chi connectivity index (χ0n) is 13.5. The second kappa shape index (κ2) is 6.92. The first-order valence-electron chi connectivity index (χ1n) is 7.69. The Bertz CT molecular complexity index is 541. The number of likely N-dealkylation sites (N-methyl/N-ethyl adjacent to an activating group) is 1. The summed E-state index contributed by atoms with van der Waals surface area (Å²) < 4.78 is 0. The maximum Gasteiger partial charge on any atom is 0.228 e. The SMILES string of the molecule is CCN(CC(O)c1ccc(C)cc1)C(=O)C1CC(=O)N(C)C1. The van der Waals surface area contributed by atoms with Crippen LogP contribution in [-0.4, -0.2) is 53.4 Å². The molecule has 1 aliphatic heterocycles. The van der Waals surface area contributed by atoms with E-state index in [2.05, 4.69) is 0 Å². The topological polar surface area (TPSA) is 60.9 Å². The minimum atomic E-state index is -0.709. The van der Waals surface area contributed by atoms with Gasteiger partial charge >= 0.3 is 0 Å². The lowest BCUT2D eigenvalue weighted by Crippen LogP contribution is -2.39. The summed E-state index contributed by atoms with van der Waals surface area (Å²) in [6.45, 7) is 5.13. The fourth-order valence-corrected chi connectivity index (χ4v) is 2.76. The number of aryl methyl sites for hydroxylation is 1. The van der Waals surface area contributed by atoms with Gasteiger partial charge in [-0.15, -0.1) is 0 Å². The van der Waals surface area contributed by atoms with Crippen molar-refractivity contribution >= 4 is 11.8 Å². The molecular formula is C17H24N2O3. The number of benzene rings is 1. The van der Waals surface area contributed by atoms with Gasteiger partial charge in [-0.25, -0.2) is 0 Å². The smallest absolute Gasteiger partial charge is 0.228 e. The highest BCUT2D eigenvalue weighted by Gasteiger charge is 2.34. The summed E-state index contributed by atoms with van der Waals surface area (Å²) in [5.74, 6) is -0.331. The van der Waals surface area contributed by atoms with Crippen molar-refractivity contribution in [3.05, 3.63) is 35.4 Å². The van der Waals surface area contributed by atoms with Crippen molar-refractivity contribution in [3.8, 4) is 0 Å². The second-order valence-electron chi connectivity index (χ2n) is 5.98. The maximum atomic E-state index is 12.5. The predicted octanol–water partition coefficient (Wildman–Crippen LogP) is 1.36. The fourth-order valence-electron chi connectivity index (χ4n) is 2.76. The van der Waals surface area contributed by atoms with E-state index in [1.807, 2.05) is 38.1 Å². The molecule has 1 saturated heterocycles. The summed E-state index contributed by atoms with van der Waals surface area (Å²) in [6.07, 6.45) is -0.439. The molecule has 1 aliphatic rings. The van der Waals surface area contributed by atoms with E-state index in [9.17, 15) is 14.7 Å². The lowest BCUT2D eigenvalue weighted by atomic mass is 10.0. The molecule has 2 atom stereocenters. The largest absolute Gasteiger partial charge is 0.387 e. The molecule has 2 rings (SSSR count). The monoisotopic (exact) mass is 304 g/mol. The molecule has 5 nitrogen and oxygen atoms in total. The fraction of sp³-hybridized carbons (Fsp3) is 0.529. The van der Waals surface area contributed by atoms with Crippen LogP contribution in [0.3, 0.4) is 0 Å². The molecule has 1 aromatic carbocycles. The van der Waals surface area contributed by atoms with Crippen LogP contribution in [0.5, 0.6) is 0 Å². The number of rotatable bonds is 5. The number of hydrogen-bond acceptors (Lipinski definition) is 3. The van der Waals surface area contributed by atoms with Crippen molar-refractivity contribution in [1.29, 1.82) is 0 Å². The zero-order valence-corrected chi connectivity index (χ0v) is 13.5. The minimum absolute atomic E-state index is 0.00786. The first-order valence-corrected chi connectivity index (χ1v) is 7.69. The Balaban J connectivity index is 2.00. The molecule has 0 aromatic heterocycles. The molecule has 1 N–H and O–H groups in total. The first-order chi connectivity index (χ1) is 10.4. The summed E-state index contributed by atoms with van der Waals surface area (Å²) in [7, 11) is 1.72. The van der Waals surface area contributed by atoms with Crippen LogP contribution in [-0.2, 0) is 9.59 Å². The molecule has 0 radical (unpaired) electrons. The highest BCUT2D eigenvalue weighted by atomic mass is 16.3. The number of carbonyl (C=O) groups is 2. The van der Waals surface area contributed by atoms with Gasteiger partial charge in [0.1, 0.15) is 0 Å². The number of carbonyl (C=O) groups excluding carboxylic acids is 2. The maximum absolute atomic E-state index is 12.5. The van der Waals surface area contributed by atoms with E-state index >= 15 is 0 Å². The third-order valence-corrected chi connectivity index (χ3v) is 4.24. The summed E-state index contributed by atoms with van der Waals surface area (Å²) in [5, 5.41) is 10.3. The van der Waals surface area contributed by atoms with E-state index in [-0.39, 0.29) is 30.7 Å². The standard InChI is InChI=1S/C17H24N2O3/c1-4-19(17(22)14-9-16(21)18(3)10-14)11-15(20)13-7-5-12(2)6-8-13/h5-8,14-15,20H,4,9-11H2,1-3H3. The summed E-state index contributed by atoms with van der Waals surface area (Å²) >= 11 is 0. The van der Waals surface area contributed by atoms with E-state index in [0.717, 1.165) is 11.1 Å². The van der Waals surface area contributed by atoms with Gasteiger partial charge in [0.25, 0.3) is 0 Å². The molecule has 0 bridgehead atoms. The van der Waals surface area contributed by atoms with Crippen LogP contribution >= 0.6 is 0 Å². The Kier molecular flexibility index (Phi) is 5.19. The quantitative estimate of drug-likeness (QED) is 0.893. The average molecular weight is 304 g/mol. The van der Waals surface area contributed by atoms with Crippen LogP contribution in [0.15, 0.2) is 24.3 Å². The summed E-state index contributed by atoms with van der Waals surface area (Å²) in [6, 6.07) is 7.65. The van der Waals surface area contributed by atoms with Crippen molar-refractivity contribution in [1.82, 2.24) is 9.80 Å². The first kappa shape index (κ1) is 16.5. The van der Waals surface area contributed by atoms with Crippen LogP contribution in [0.4, 0.5) is 0 Å². The van der Waals surface area contributed by atoms with Gasteiger partial charge in [0.15, 0.2) is 0 Å².